The molecule has 1 unspecified atom stereocenters. The Bertz CT molecular complexity index is 913. The maximum atomic E-state index is 13.1. The third kappa shape index (κ3) is 2.27. The van der Waals surface area contributed by atoms with Gasteiger partial charge in [0.1, 0.15) is 0 Å². The molecular formula is C20H26N2O7. The molecule has 0 saturated carbocycles. The number of benzene rings is 1. The quantitative estimate of drug-likeness (QED) is 0.490. The van der Waals surface area contributed by atoms with Crippen LogP contribution < -0.4 is 9.96 Å². The highest BCUT2D eigenvalue weighted by atomic mass is 16.8. The number of quaternary nitrogens is 1. The maximum Gasteiger partial charge on any atom is 0.201 e. The molecule has 0 radical (unpaired) electrons. The summed E-state index contributed by atoms with van der Waals surface area (Å²) in [5.41, 5.74) is -0.398. The number of rotatable bonds is 4. The van der Waals surface area contributed by atoms with Gasteiger partial charge in [0.25, 0.3) is 0 Å². The molecule has 1 aromatic carbocycles. The molecule has 29 heavy (non-hydrogen) atoms. The van der Waals surface area contributed by atoms with Gasteiger partial charge in [-0.3, -0.25) is 9.69 Å². The van der Waals surface area contributed by atoms with Crippen LogP contribution in [0.3, 0.4) is 0 Å². The number of allylic oxidation sites excluding steroid dienone is 1. The van der Waals surface area contributed by atoms with Gasteiger partial charge in [0.05, 0.1) is 26.9 Å². The van der Waals surface area contributed by atoms with Crippen LogP contribution >= 0.6 is 0 Å². The molecule has 0 amide bonds. The van der Waals surface area contributed by atoms with E-state index in [4.69, 9.17) is 14.2 Å². The number of carbonyl (C=O) groups excluding carboxylic acids is 1. The van der Waals surface area contributed by atoms with Crippen LogP contribution in [0.25, 0.3) is 0 Å². The van der Waals surface area contributed by atoms with Crippen LogP contribution in [0, 0.1) is 5.21 Å². The topological polar surface area (TPSA) is 116 Å². The highest BCUT2D eigenvalue weighted by Crippen LogP contribution is 2.64. The molecule has 1 heterocycles. The lowest BCUT2D eigenvalue weighted by molar-refractivity contribution is -0.991. The summed E-state index contributed by atoms with van der Waals surface area (Å²) in [4.78, 5) is 15.2. The number of hydrogen-bond donors (Lipinski definition) is 3. The third-order valence-corrected chi connectivity index (χ3v) is 7.06. The van der Waals surface area contributed by atoms with Crippen molar-refractivity contribution in [2.75, 3.05) is 34.9 Å². The van der Waals surface area contributed by atoms with Crippen molar-refractivity contribution in [1.29, 1.82) is 0 Å². The molecule has 1 aliphatic heterocycles. The van der Waals surface area contributed by atoms with E-state index in [1.54, 1.807) is 0 Å². The number of phenols is 1. The molecule has 2 aliphatic carbocycles. The Kier molecular flexibility index (Phi) is 4.54. The zero-order valence-electron chi connectivity index (χ0n) is 17.0. The van der Waals surface area contributed by atoms with Gasteiger partial charge in [-0.05, 0) is 32.9 Å². The van der Waals surface area contributed by atoms with Crippen molar-refractivity contribution in [1.82, 2.24) is 4.90 Å². The zero-order chi connectivity index (χ0) is 21.1. The summed E-state index contributed by atoms with van der Waals surface area (Å²) >= 11 is 0. The monoisotopic (exact) mass is 406 g/mol. The first-order valence-electron chi connectivity index (χ1n) is 9.52. The highest BCUT2D eigenvalue weighted by molar-refractivity contribution is 5.98. The van der Waals surface area contributed by atoms with E-state index < -0.39 is 16.2 Å². The van der Waals surface area contributed by atoms with Gasteiger partial charge in [-0.1, -0.05) is 0 Å². The summed E-state index contributed by atoms with van der Waals surface area (Å²) in [6.45, 7) is 0.662. The molecule has 3 N–H and O–H groups in total. The summed E-state index contributed by atoms with van der Waals surface area (Å²) in [5.74, 6) is 0.411. The average molecular weight is 406 g/mol. The van der Waals surface area contributed by atoms with Crippen LogP contribution in [0.2, 0.25) is 0 Å². The van der Waals surface area contributed by atoms with Gasteiger partial charge in [-0.15, -0.1) is 0 Å². The molecule has 4 rings (SSSR count). The molecule has 0 spiro atoms. The molecular weight excluding hydrogens is 380 g/mol. The number of nitrogens with one attached hydrogen (secondary N) is 1. The van der Waals surface area contributed by atoms with Crippen LogP contribution in [-0.2, 0) is 26.1 Å². The Morgan fingerprint density at radius 3 is 2.52 bits per heavy atom. The fraction of sp³-hybridized carbons (Fsp3) is 0.550. The number of aromatic hydroxyl groups is 1. The summed E-state index contributed by atoms with van der Waals surface area (Å²) in [7, 11) is 6.31. The second kappa shape index (κ2) is 6.60. The van der Waals surface area contributed by atoms with Gasteiger partial charge >= 0.3 is 0 Å². The van der Waals surface area contributed by atoms with E-state index in [0.29, 0.717) is 42.7 Å². The van der Waals surface area contributed by atoms with Crippen LogP contribution in [0.1, 0.15) is 30.4 Å². The third-order valence-electron chi connectivity index (χ3n) is 7.06. The second-order valence-corrected chi connectivity index (χ2v) is 7.91. The molecule has 0 aromatic heterocycles. The smallest absolute Gasteiger partial charge is 0.201 e. The van der Waals surface area contributed by atoms with Gasteiger partial charge < -0.3 is 24.5 Å². The van der Waals surface area contributed by atoms with Crippen molar-refractivity contribution in [2.24, 2.45) is 0 Å². The Morgan fingerprint density at radius 2 is 1.93 bits per heavy atom. The van der Waals surface area contributed by atoms with Gasteiger partial charge in [0, 0.05) is 29.0 Å². The van der Waals surface area contributed by atoms with Crippen LogP contribution in [0.4, 0.5) is 5.69 Å². The normalized spacial score (nSPS) is 29.8. The number of hydrogen-bond acceptors (Lipinski definition) is 8. The number of phenolic OH excluding ortho intramolecular Hbond substituents is 1. The molecule has 1 saturated heterocycles. The molecule has 9 nitrogen and oxygen atoms in total. The molecule has 9 heteroatoms. The first kappa shape index (κ1) is 20.0. The molecule has 1 aromatic rings. The molecule has 158 valence electrons. The highest BCUT2D eigenvalue weighted by Gasteiger charge is 2.69. The fourth-order valence-electron chi connectivity index (χ4n) is 5.96. The van der Waals surface area contributed by atoms with E-state index in [9.17, 15) is 20.3 Å². The van der Waals surface area contributed by atoms with E-state index in [0.717, 1.165) is 0 Å². The lowest BCUT2D eigenvalue weighted by atomic mass is 9.53. The Hall–Kier alpha value is -2.33. The number of likely N-dealkylation sites (tertiary alicyclic amines) is 1. The molecule has 3 aliphatic rings. The SMILES string of the molecule is COC1=C(OC)[C@]23CCc4c([NH+]([O-])O)cc(OC)c(O)c4[C@]2(CCN3C)CC1=O. The Morgan fingerprint density at radius 1 is 1.21 bits per heavy atom. The second-order valence-electron chi connectivity index (χ2n) is 7.91. The fourth-order valence-corrected chi connectivity index (χ4v) is 5.96. The van der Waals surface area contributed by atoms with Crippen molar-refractivity contribution in [3.05, 3.63) is 33.9 Å². The first-order valence-corrected chi connectivity index (χ1v) is 9.52. The molecule has 1 fully saturated rings. The number of nitrogens with zero attached hydrogens (tertiary/aromatic N) is 1. The minimum atomic E-state index is -1.09. The van der Waals surface area contributed by atoms with E-state index in [2.05, 4.69) is 4.90 Å². The average Bonchev–Trinajstić information content (AvgIpc) is 2.99. The van der Waals surface area contributed by atoms with Crippen LogP contribution in [0.15, 0.2) is 17.6 Å². The Labute approximate surface area is 168 Å². The van der Waals surface area contributed by atoms with Gasteiger partial charge in [-0.25, -0.2) is 5.21 Å². The maximum absolute atomic E-state index is 13.1. The summed E-state index contributed by atoms with van der Waals surface area (Å²) in [6.07, 6.45) is 1.64. The largest absolute Gasteiger partial charge is 0.595 e. The van der Waals surface area contributed by atoms with Gasteiger partial charge in [0.15, 0.2) is 22.9 Å². The Balaban J connectivity index is 2.11. The van der Waals surface area contributed by atoms with Crippen molar-refractivity contribution >= 4 is 11.5 Å². The van der Waals surface area contributed by atoms with Crippen molar-refractivity contribution in [3.8, 4) is 11.5 Å². The number of Topliss-reactive ketones (excluding diaryl/α,β-unsaturated/α-hetero) is 1. The van der Waals surface area contributed by atoms with E-state index in [1.165, 1.54) is 27.4 Å². The summed E-state index contributed by atoms with van der Waals surface area (Å²) < 4.78 is 16.5. The number of likely N-dealkylation sites (N-methyl/N-ethyl adjacent to an activating group) is 1. The molecule has 3 atom stereocenters. The lowest BCUT2D eigenvalue weighted by Crippen LogP contribution is -2.99. The number of ether oxygens (including phenoxy) is 3. The van der Waals surface area contributed by atoms with Crippen LogP contribution in [-0.4, -0.2) is 61.5 Å². The number of methoxy groups -OCH3 is 3. The van der Waals surface area contributed by atoms with Crippen LogP contribution in [0.5, 0.6) is 11.5 Å². The van der Waals surface area contributed by atoms with Gasteiger partial charge in [0.2, 0.25) is 11.5 Å². The van der Waals surface area contributed by atoms with E-state index in [-0.39, 0.29) is 35.1 Å². The summed E-state index contributed by atoms with van der Waals surface area (Å²) in [6, 6.07) is 1.36. The number of carbonyl (C=O) groups is 1. The molecule has 0 bridgehead atoms. The number of fused-ring (bicyclic) bond motifs is 1. The standard InChI is InChI=1S/C20H26N2O7/c1-21-8-7-19-10-13(23)17(28-3)18(29-4)20(19,21)6-5-11-12(22(25)26)9-14(27-2)16(24)15(11)19/h9,22,24-25H,5-8,10H2,1-4H3/t19-,20+/m0/s1. The van der Waals surface area contributed by atoms with E-state index >= 15 is 0 Å². The van der Waals surface area contributed by atoms with Crippen molar-refractivity contribution in [2.45, 2.75) is 36.6 Å². The minimum Gasteiger partial charge on any atom is -0.595 e. The van der Waals surface area contributed by atoms with Gasteiger partial charge in [-0.2, -0.15) is 5.23 Å². The zero-order valence-corrected chi connectivity index (χ0v) is 17.0. The van der Waals surface area contributed by atoms with Crippen molar-refractivity contribution in [3.63, 3.8) is 0 Å². The van der Waals surface area contributed by atoms with Crippen molar-refractivity contribution < 1.29 is 34.5 Å². The number of ketones is 1. The minimum absolute atomic E-state index is 0.0915. The predicted molar refractivity (Wildman–Crippen MR) is 101 cm³/mol. The predicted octanol–water partition coefficient (Wildman–Crippen LogP) is 0.540. The summed E-state index contributed by atoms with van der Waals surface area (Å²) in [5, 5.41) is 31.8. The van der Waals surface area contributed by atoms with E-state index in [1.807, 2.05) is 7.05 Å². The first-order chi connectivity index (χ1) is 13.8. The lowest BCUT2D eigenvalue weighted by Gasteiger charge is -2.55.